The summed E-state index contributed by atoms with van der Waals surface area (Å²) in [6.07, 6.45) is 2.87. The summed E-state index contributed by atoms with van der Waals surface area (Å²) in [5, 5.41) is 7.56. The van der Waals surface area contributed by atoms with E-state index in [1.807, 2.05) is 54.6 Å². The molecule has 0 aliphatic carbocycles. The van der Waals surface area contributed by atoms with Crippen LogP contribution in [0.4, 0.5) is 5.69 Å². The van der Waals surface area contributed by atoms with Crippen LogP contribution in [0.3, 0.4) is 0 Å². The van der Waals surface area contributed by atoms with Crippen LogP contribution in [0.15, 0.2) is 42.5 Å². The maximum Gasteiger partial charge on any atom is 0.305 e. The summed E-state index contributed by atoms with van der Waals surface area (Å²) in [6, 6.07) is 12.7. The van der Waals surface area contributed by atoms with Crippen molar-refractivity contribution in [3.8, 4) is 5.69 Å². The summed E-state index contributed by atoms with van der Waals surface area (Å²) in [5.41, 5.74) is 6.02. The van der Waals surface area contributed by atoms with Crippen molar-refractivity contribution < 1.29 is 19.1 Å². The Morgan fingerprint density at radius 2 is 1.69 bits per heavy atom. The molecule has 188 valence electrons. The van der Waals surface area contributed by atoms with Crippen LogP contribution < -0.4 is 5.32 Å². The third-order valence-corrected chi connectivity index (χ3v) is 6.75. The molecule has 36 heavy (non-hydrogen) atoms. The lowest BCUT2D eigenvalue weighted by Crippen LogP contribution is -2.29. The van der Waals surface area contributed by atoms with E-state index in [4.69, 9.17) is 4.74 Å². The van der Waals surface area contributed by atoms with Gasteiger partial charge in [-0.2, -0.15) is 5.10 Å². The van der Waals surface area contributed by atoms with Gasteiger partial charge < -0.3 is 15.0 Å². The number of rotatable bonds is 7. The maximum absolute atomic E-state index is 13.1. The molecule has 0 bridgehead atoms. The van der Waals surface area contributed by atoms with Crippen LogP contribution in [0.5, 0.6) is 0 Å². The molecule has 4 rings (SSSR count). The van der Waals surface area contributed by atoms with Crippen molar-refractivity contribution >= 4 is 23.5 Å². The van der Waals surface area contributed by atoms with Crippen LogP contribution >= 0.6 is 0 Å². The number of aromatic nitrogens is 2. The van der Waals surface area contributed by atoms with Crippen LogP contribution in [0.25, 0.3) is 5.69 Å². The molecule has 1 fully saturated rings. The highest BCUT2D eigenvalue weighted by molar-refractivity contribution is 6.09. The number of hydrogen-bond donors (Lipinski definition) is 1. The number of nitrogens with one attached hydrogen (secondary N) is 1. The van der Waals surface area contributed by atoms with Crippen LogP contribution in [0.1, 0.15) is 62.5 Å². The standard InChI is InChI=1S/C28H32N4O4/c1-18-8-7-9-24(26(18)28(35)31-16-5-6-17-31)29-27(34)21-10-12-22(13-11-21)32-20(3)23(19(2)30-32)14-15-25(33)36-4/h7-13H,5-6,14-17H2,1-4H3,(H,29,34). The number of amides is 2. The summed E-state index contributed by atoms with van der Waals surface area (Å²) < 4.78 is 6.57. The minimum absolute atomic E-state index is 0.0382. The average Bonchev–Trinajstić information content (AvgIpc) is 3.51. The molecule has 1 aliphatic heterocycles. The lowest BCUT2D eigenvalue weighted by molar-refractivity contribution is -0.140. The SMILES string of the molecule is COC(=O)CCc1c(C)nn(-c2ccc(C(=O)Nc3cccc(C)c3C(=O)N3CCCC3)cc2)c1C. The van der Waals surface area contributed by atoms with Crippen molar-refractivity contribution in [3.63, 3.8) is 0 Å². The van der Waals surface area contributed by atoms with Crippen molar-refractivity contribution in [2.24, 2.45) is 0 Å². The number of anilines is 1. The molecule has 0 saturated carbocycles. The van der Waals surface area contributed by atoms with E-state index < -0.39 is 0 Å². The van der Waals surface area contributed by atoms with Crippen LogP contribution in [-0.4, -0.2) is 52.7 Å². The van der Waals surface area contributed by atoms with Gasteiger partial charge >= 0.3 is 5.97 Å². The topological polar surface area (TPSA) is 93.5 Å². The molecule has 0 atom stereocenters. The zero-order valence-electron chi connectivity index (χ0n) is 21.3. The Hall–Kier alpha value is -3.94. The predicted octanol–water partition coefficient (Wildman–Crippen LogP) is 4.39. The first-order valence-corrected chi connectivity index (χ1v) is 12.2. The quantitative estimate of drug-likeness (QED) is 0.498. The van der Waals surface area contributed by atoms with E-state index in [1.54, 1.807) is 18.2 Å². The monoisotopic (exact) mass is 488 g/mol. The maximum atomic E-state index is 13.1. The van der Waals surface area contributed by atoms with Gasteiger partial charge in [0.05, 0.1) is 29.7 Å². The van der Waals surface area contributed by atoms with Crippen molar-refractivity contribution in [2.45, 2.75) is 46.5 Å². The zero-order valence-corrected chi connectivity index (χ0v) is 21.3. The van der Waals surface area contributed by atoms with Gasteiger partial charge in [-0.3, -0.25) is 14.4 Å². The molecular weight excluding hydrogens is 456 g/mol. The van der Waals surface area contributed by atoms with Crippen LogP contribution in [0, 0.1) is 20.8 Å². The molecule has 0 radical (unpaired) electrons. The second-order valence-corrected chi connectivity index (χ2v) is 9.14. The van der Waals surface area contributed by atoms with E-state index >= 15 is 0 Å². The van der Waals surface area contributed by atoms with Crippen LogP contribution in [0.2, 0.25) is 0 Å². The van der Waals surface area contributed by atoms with Crippen molar-refractivity contribution in [2.75, 3.05) is 25.5 Å². The summed E-state index contributed by atoms with van der Waals surface area (Å²) in [5.74, 6) is -0.575. The molecule has 1 saturated heterocycles. The summed E-state index contributed by atoms with van der Waals surface area (Å²) >= 11 is 0. The smallest absolute Gasteiger partial charge is 0.305 e. The lowest BCUT2D eigenvalue weighted by atomic mass is 10.0. The molecule has 2 aromatic carbocycles. The minimum atomic E-state index is -0.283. The Kier molecular flexibility index (Phi) is 7.52. The second kappa shape index (κ2) is 10.8. The highest BCUT2D eigenvalue weighted by atomic mass is 16.5. The van der Waals surface area contributed by atoms with Gasteiger partial charge in [-0.15, -0.1) is 0 Å². The third kappa shape index (κ3) is 5.17. The molecule has 0 spiro atoms. The normalized spacial score (nSPS) is 13.1. The fourth-order valence-electron chi connectivity index (χ4n) is 4.70. The summed E-state index contributed by atoms with van der Waals surface area (Å²) in [6.45, 7) is 7.27. The van der Waals surface area contributed by atoms with E-state index in [1.165, 1.54) is 7.11 Å². The molecule has 1 aromatic heterocycles. The number of methoxy groups -OCH3 is 1. The molecule has 1 N–H and O–H groups in total. The Balaban J connectivity index is 1.52. The predicted molar refractivity (Wildman–Crippen MR) is 138 cm³/mol. The molecule has 3 aromatic rings. The van der Waals surface area contributed by atoms with Gasteiger partial charge in [0.15, 0.2) is 0 Å². The van der Waals surface area contributed by atoms with E-state index in [9.17, 15) is 14.4 Å². The van der Waals surface area contributed by atoms with Gasteiger partial charge in [0.1, 0.15) is 0 Å². The number of esters is 1. The lowest BCUT2D eigenvalue weighted by Gasteiger charge is -2.19. The molecule has 8 nitrogen and oxygen atoms in total. The van der Waals surface area contributed by atoms with Crippen molar-refractivity contribution in [3.05, 3.63) is 76.1 Å². The van der Waals surface area contributed by atoms with E-state index in [0.29, 0.717) is 29.7 Å². The molecule has 2 heterocycles. The highest BCUT2D eigenvalue weighted by Crippen LogP contribution is 2.25. The van der Waals surface area contributed by atoms with Crippen molar-refractivity contribution in [1.29, 1.82) is 0 Å². The zero-order chi connectivity index (χ0) is 25.8. The minimum Gasteiger partial charge on any atom is -0.469 e. The van der Waals surface area contributed by atoms with E-state index in [0.717, 1.165) is 54.1 Å². The number of hydrogen-bond acceptors (Lipinski definition) is 5. The molecule has 8 heteroatoms. The van der Waals surface area contributed by atoms with Gasteiger partial charge in [-0.25, -0.2) is 4.68 Å². The fourth-order valence-corrected chi connectivity index (χ4v) is 4.70. The average molecular weight is 489 g/mol. The van der Waals surface area contributed by atoms with Gasteiger partial charge in [0.25, 0.3) is 11.8 Å². The van der Waals surface area contributed by atoms with Crippen LogP contribution in [-0.2, 0) is 16.0 Å². The highest BCUT2D eigenvalue weighted by Gasteiger charge is 2.24. The molecule has 1 aliphatic rings. The van der Waals surface area contributed by atoms with E-state index in [-0.39, 0.29) is 17.8 Å². The largest absolute Gasteiger partial charge is 0.469 e. The Morgan fingerprint density at radius 3 is 2.36 bits per heavy atom. The molecule has 2 amide bonds. The third-order valence-electron chi connectivity index (χ3n) is 6.75. The Morgan fingerprint density at radius 1 is 1.00 bits per heavy atom. The Bertz CT molecular complexity index is 1290. The fraction of sp³-hybridized carbons (Fsp3) is 0.357. The number of nitrogens with zero attached hydrogens (tertiary/aromatic N) is 3. The number of likely N-dealkylation sites (tertiary alicyclic amines) is 1. The van der Waals surface area contributed by atoms with Gasteiger partial charge in [-0.1, -0.05) is 12.1 Å². The summed E-state index contributed by atoms with van der Waals surface area (Å²) in [4.78, 5) is 39.6. The van der Waals surface area contributed by atoms with Crippen molar-refractivity contribution in [1.82, 2.24) is 14.7 Å². The molecule has 0 unspecified atom stereocenters. The number of carbonyl (C=O) groups excluding carboxylic acids is 3. The number of ether oxygens (including phenoxy) is 1. The second-order valence-electron chi connectivity index (χ2n) is 9.14. The first-order chi connectivity index (χ1) is 17.3. The summed E-state index contributed by atoms with van der Waals surface area (Å²) in [7, 11) is 1.38. The van der Waals surface area contributed by atoms with Gasteiger partial charge in [0.2, 0.25) is 0 Å². The van der Waals surface area contributed by atoms with Gasteiger partial charge in [0, 0.05) is 30.8 Å². The first kappa shape index (κ1) is 25.2. The Labute approximate surface area is 211 Å². The molecular formula is C28H32N4O4. The van der Waals surface area contributed by atoms with Gasteiger partial charge in [-0.05, 0) is 81.5 Å². The number of aryl methyl sites for hydroxylation is 2. The number of benzene rings is 2. The number of carbonyl (C=O) groups is 3. The van der Waals surface area contributed by atoms with E-state index in [2.05, 4.69) is 10.4 Å². The first-order valence-electron chi connectivity index (χ1n) is 12.2.